The van der Waals surface area contributed by atoms with Gasteiger partial charge < -0.3 is 5.32 Å². The summed E-state index contributed by atoms with van der Waals surface area (Å²) in [6.45, 7) is 10.3. The molecule has 0 saturated heterocycles. The number of hydrogen-bond acceptors (Lipinski definition) is 3. The van der Waals surface area contributed by atoms with Crippen molar-refractivity contribution in [2.75, 3.05) is 5.32 Å². The number of thiophene rings is 1. The number of halogens is 1. The standard InChI is InChI=1S/C24H24BrNO2S/c1-14-15(2)29-23(20(14)21(27)16-8-12-19(25)13-9-16)26-22(28)17-6-10-18(11-7-17)24(3,4)5/h6-13H,1-5H3,(H,26,28). The van der Waals surface area contributed by atoms with E-state index >= 15 is 0 Å². The molecule has 1 aromatic heterocycles. The van der Waals surface area contributed by atoms with Crippen molar-refractivity contribution < 1.29 is 9.59 Å². The summed E-state index contributed by atoms with van der Waals surface area (Å²) >= 11 is 4.83. The van der Waals surface area contributed by atoms with Crippen LogP contribution in [-0.4, -0.2) is 11.7 Å². The normalized spacial score (nSPS) is 11.4. The lowest BCUT2D eigenvalue weighted by Gasteiger charge is -2.19. The van der Waals surface area contributed by atoms with Crippen LogP contribution in [0.5, 0.6) is 0 Å². The maximum absolute atomic E-state index is 13.1. The van der Waals surface area contributed by atoms with Gasteiger partial charge in [-0.25, -0.2) is 0 Å². The van der Waals surface area contributed by atoms with E-state index in [1.165, 1.54) is 16.9 Å². The molecule has 0 bridgehead atoms. The Morgan fingerprint density at radius 3 is 2.00 bits per heavy atom. The molecule has 29 heavy (non-hydrogen) atoms. The van der Waals surface area contributed by atoms with Crippen LogP contribution in [0.4, 0.5) is 5.00 Å². The molecule has 0 aliphatic rings. The molecule has 0 fully saturated rings. The highest BCUT2D eigenvalue weighted by Crippen LogP contribution is 2.34. The maximum Gasteiger partial charge on any atom is 0.256 e. The van der Waals surface area contributed by atoms with E-state index in [9.17, 15) is 9.59 Å². The zero-order chi connectivity index (χ0) is 21.3. The van der Waals surface area contributed by atoms with Crippen LogP contribution in [0.3, 0.4) is 0 Å². The molecule has 0 unspecified atom stereocenters. The third kappa shape index (κ3) is 4.68. The monoisotopic (exact) mass is 469 g/mol. The number of nitrogens with one attached hydrogen (secondary N) is 1. The van der Waals surface area contributed by atoms with E-state index < -0.39 is 0 Å². The van der Waals surface area contributed by atoms with Crippen LogP contribution in [0.1, 0.15) is 63.1 Å². The second-order valence-corrected chi connectivity index (χ2v) is 10.2. The van der Waals surface area contributed by atoms with Gasteiger partial charge in [0, 0.05) is 20.5 Å². The topological polar surface area (TPSA) is 46.2 Å². The molecule has 0 saturated carbocycles. The second kappa shape index (κ2) is 8.25. The number of rotatable bonds is 4. The number of aryl methyl sites for hydroxylation is 1. The lowest BCUT2D eigenvalue weighted by molar-refractivity contribution is 0.102. The van der Waals surface area contributed by atoms with Gasteiger partial charge in [-0.1, -0.05) is 48.8 Å². The zero-order valence-corrected chi connectivity index (χ0v) is 19.6. The Labute approximate surface area is 184 Å². The summed E-state index contributed by atoms with van der Waals surface area (Å²) in [5.74, 6) is -0.297. The number of hydrogen-bond donors (Lipinski definition) is 1. The molecular formula is C24H24BrNO2S. The molecule has 0 atom stereocenters. The van der Waals surface area contributed by atoms with Crippen LogP contribution >= 0.6 is 27.3 Å². The summed E-state index contributed by atoms with van der Waals surface area (Å²) in [6, 6.07) is 14.9. The predicted molar refractivity (Wildman–Crippen MR) is 124 cm³/mol. The summed E-state index contributed by atoms with van der Waals surface area (Å²) in [4.78, 5) is 27.0. The fourth-order valence-corrected chi connectivity index (χ4v) is 4.35. The number of carbonyl (C=O) groups excluding carboxylic acids is 2. The Balaban J connectivity index is 1.90. The van der Waals surface area contributed by atoms with Crippen molar-refractivity contribution >= 4 is 44.0 Å². The predicted octanol–water partition coefficient (Wildman–Crippen LogP) is 6.91. The third-order valence-corrected chi connectivity index (χ3v) is 6.61. The van der Waals surface area contributed by atoms with E-state index in [0.29, 0.717) is 21.7 Å². The Morgan fingerprint density at radius 1 is 0.897 bits per heavy atom. The number of anilines is 1. The fraction of sp³-hybridized carbons (Fsp3) is 0.250. The highest BCUT2D eigenvalue weighted by molar-refractivity contribution is 9.10. The first-order chi connectivity index (χ1) is 13.6. The fourth-order valence-electron chi connectivity index (χ4n) is 3.03. The van der Waals surface area contributed by atoms with E-state index in [2.05, 4.69) is 42.0 Å². The molecule has 2 aromatic carbocycles. The SMILES string of the molecule is Cc1sc(NC(=O)c2ccc(C(C)(C)C)cc2)c(C(=O)c2ccc(Br)cc2)c1C. The first-order valence-electron chi connectivity index (χ1n) is 9.40. The smallest absolute Gasteiger partial charge is 0.256 e. The lowest BCUT2D eigenvalue weighted by atomic mass is 9.87. The van der Waals surface area contributed by atoms with Gasteiger partial charge in [-0.3, -0.25) is 9.59 Å². The molecule has 1 N–H and O–H groups in total. The molecule has 3 rings (SSSR count). The van der Waals surface area contributed by atoms with Crippen molar-refractivity contribution in [3.63, 3.8) is 0 Å². The van der Waals surface area contributed by atoms with Crippen LogP contribution < -0.4 is 5.32 Å². The van der Waals surface area contributed by atoms with Crippen molar-refractivity contribution in [3.05, 3.63) is 85.7 Å². The van der Waals surface area contributed by atoms with Crippen molar-refractivity contribution in [3.8, 4) is 0 Å². The van der Waals surface area contributed by atoms with Gasteiger partial charge in [-0.15, -0.1) is 11.3 Å². The van der Waals surface area contributed by atoms with E-state index in [-0.39, 0.29) is 17.1 Å². The van der Waals surface area contributed by atoms with Crippen LogP contribution in [-0.2, 0) is 5.41 Å². The van der Waals surface area contributed by atoms with Gasteiger partial charge in [0.05, 0.1) is 5.56 Å². The van der Waals surface area contributed by atoms with Gasteiger partial charge >= 0.3 is 0 Å². The first kappa shape index (κ1) is 21.5. The molecule has 0 aliphatic heterocycles. The zero-order valence-electron chi connectivity index (χ0n) is 17.2. The molecular weight excluding hydrogens is 446 g/mol. The Bertz CT molecular complexity index is 1060. The molecule has 3 nitrogen and oxygen atoms in total. The van der Waals surface area contributed by atoms with Crippen molar-refractivity contribution in [1.29, 1.82) is 0 Å². The molecule has 0 spiro atoms. The third-order valence-electron chi connectivity index (χ3n) is 4.96. The van der Waals surface area contributed by atoms with Crippen LogP contribution in [0.25, 0.3) is 0 Å². The van der Waals surface area contributed by atoms with Crippen LogP contribution in [0.15, 0.2) is 53.0 Å². The summed E-state index contributed by atoms with van der Waals surface area (Å²) in [7, 11) is 0. The minimum Gasteiger partial charge on any atom is -0.313 e. The van der Waals surface area contributed by atoms with Gasteiger partial charge in [-0.05, 0) is 66.8 Å². The minimum atomic E-state index is -0.212. The first-order valence-corrected chi connectivity index (χ1v) is 11.0. The van der Waals surface area contributed by atoms with Gasteiger partial charge in [0.25, 0.3) is 5.91 Å². The molecule has 1 heterocycles. The van der Waals surface area contributed by atoms with Crippen LogP contribution in [0.2, 0.25) is 0 Å². The Morgan fingerprint density at radius 2 is 1.45 bits per heavy atom. The molecule has 150 valence electrons. The van der Waals surface area contributed by atoms with E-state index in [1.807, 2.05) is 50.2 Å². The number of carbonyl (C=O) groups is 2. The largest absolute Gasteiger partial charge is 0.313 e. The average Bonchev–Trinajstić information content (AvgIpc) is 2.94. The second-order valence-electron chi connectivity index (χ2n) is 8.10. The highest BCUT2D eigenvalue weighted by Gasteiger charge is 2.23. The van der Waals surface area contributed by atoms with Gasteiger partial charge in [0.1, 0.15) is 5.00 Å². The van der Waals surface area contributed by atoms with Gasteiger partial charge in [-0.2, -0.15) is 0 Å². The number of ketones is 1. The summed E-state index contributed by atoms with van der Waals surface area (Å²) in [5, 5.41) is 3.55. The lowest BCUT2D eigenvalue weighted by Crippen LogP contribution is -2.15. The molecule has 5 heteroatoms. The Kier molecular flexibility index (Phi) is 6.11. The molecule has 1 amide bonds. The van der Waals surface area contributed by atoms with E-state index in [0.717, 1.165) is 14.9 Å². The molecule has 3 aromatic rings. The Hall–Kier alpha value is -2.24. The van der Waals surface area contributed by atoms with Crippen molar-refractivity contribution in [2.24, 2.45) is 0 Å². The molecule has 0 aliphatic carbocycles. The van der Waals surface area contributed by atoms with Gasteiger partial charge in [0.2, 0.25) is 0 Å². The minimum absolute atomic E-state index is 0.0290. The summed E-state index contributed by atoms with van der Waals surface area (Å²) in [6.07, 6.45) is 0. The summed E-state index contributed by atoms with van der Waals surface area (Å²) < 4.78 is 0.916. The maximum atomic E-state index is 13.1. The number of amides is 1. The van der Waals surface area contributed by atoms with Crippen molar-refractivity contribution in [2.45, 2.75) is 40.0 Å². The van der Waals surface area contributed by atoms with Crippen molar-refractivity contribution in [1.82, 2.24) is 0 Å². The molecule has 0 radical (unpaired) electrons. The highest BCUT2D eigenvalue weighted by atomic mass is 79.9. The van der Waals surface area contributed by atoms with E-state index in [4.69, 9.17) is 0 Å². The quantitative estimate of drug-likeness (QED) is 0.421. The summed E-state index contributed by atoms with van der Waals surface area (Å²) in [5.41, 5.74) is 3.84. The average molecular weight is 470 g/mol. The number of benzene rings is 2. The van der Waals surface area contributed by atoms with Crippen LogP contribution in [0, 0.1) is 13.8 Å². The van der Waals surface area contributed by atoms with Gasteiger partial charge in [0.15, 0.2) is 5.78 Å². The van der Waals surface area contributed by atoms with E-state index in [1.54, 1.807) is 12.1 Å².